The summed E-state index contributed by atoms with van der Waals surface area (Å²) in [4.78, 5) is 16.7. The fraction of sp³-hybridized carbons (Fsp3) is 0.238. The first-order chi connectivity index (χ1) is 13.7. The molecule has 1 aromatic heterocycles. The van der Waals surface area contributed by atoms with Crippen LogP contribution in [0.15, 0.2) is 53.9 Å². The Morgan fingerprint density at radius 2 is 1.90 bits per heavy atom. The maximum atomic E-state index is 12.8. The summed E-state index contributed by atoms with van der Waals surface area (Å²) < 4.78 is 38.5. The Morgan fingerprint density at radius 1 is 1.14 bits per heavy atom. The summed E-state index contributed by atoms with van der Waals surface area (Å²) in [5, 5.41) is 7.90. The molecule has 0 aliphatic rings. The Balaban J connectivity index is 1.64. The van der Waals surface area contributed by atoms with Crippen molar-refractivity contribution < 1.29 is 18.0 Å². The minimum atomic E-state index is -4.41. The molecule has 0 aliphatic carbocycles. The van der Waals surface area contributed by atoms with Gasteiger partial charge in [0.05, 0.1) is 17.7 Å². The molecule has 3 rings (SSSR count). The fourth-order valence-electron chi connectivity index (χ4n) is 2.82. The second-order valence-corrected chi connectivity index (χ2v) is 7.67. The smallest absolute Gasteiger partial charge is 0.332 e. The van der Waals surface area contributed by atoms with Crippen LogP contribution >= 0.6 is 11.3 Å². The molecule has 0 saturated heterocycles. The predicted molar refractivity (Wildman–Crippen MR) is 110 cm³/mol. The number of carbonyl (C=O) groups is 1. The Hall–Kier alpha value is -2.87. The number of anilines is 3. The number of amides is 1. The number of para-hydroxylation sites is 1. The molecule has 4 nitrogen and oxygen atoms in total. The number of halogens is 3. The molecule has 2 N–H and O–H groups in total. The van der Waals surface area contributed by atoms with Crippen LogP contribution in [0, 0.1) is 0 Å². The molecule has 0 unspecified atom stereocenters. The largest absolute Gasteiger partial charge is 0.416 e. The number of hydrogen-bond donors (Lipinski definition) is 2. The summed E-state index contributed by atoms with van der Waals surface area (Å²) >= 11 is 1.23. The van der Waals surface area contributed by atoms with Crippen LogP contribution in [0.2, 0.25) is 0 Å². The number of aromatic nitrogens is 1. The zero-order valence-electron chi connectivity index (χ0n) is 15.9. The molecule has 0 aliphatic heterocycles. The molecule has 1 heterocycles. The van der Waals surface area contributed by atoms with E-state index in [9.17, 15) is 18.0 Å². The van der Waals surface area contributed by atoms with Crippen LogP contribution in [0.4, 0.5) is 29.7 Å². The van der Waals surface area contributed by atoms with E-state index in [2.05, 4.69) is 29.5 Å². The average Bonchev–Trinajstić information content (AvgIpc) is 3.08. The lowest BCUT2D eigenvalue weighted by atomic mass is 10.0. The molecular formula is C21H20F3N3OS. The Morgan fingerprint density at radius 3 is 2.62 bits per heavy atom. The molecule has 2 aromatic carbocycles. The van der Waals surface area contributed by atoms with Gasteiger partial charge in [-0.1, -0.05) is 38.1 Å². The lowest BCUT2D eigenvalue weighted by molar-refractivity contribution is -0.137. The molecule has 152 valence electrons. The number of hydrogen-bond acceptors (Lipinski definition) is 4. The van der Waals surface area contributed by atoms with Crippen molar-refractivity contribution in [2.75, 3.05) is 10.6 Å². The van der Waals surface area contributed by atoms with Gasteiger partial charge < -0.3 is 10.6 Å². The highest BCUT2D eigenvalue weighted by atomic mass is 32.1. The number of rotatable bonds is 6. The van der Waals surface area contributed by atoms with Crippen molar-refractivity contribution >= 4 is 33.8 Å². The van der Waals surface area contributed by atoms with Gasteiger partial charge in [0.1, 0.15) is 0 Å². The Labute approximate surface area is 170 Å². The molecule has 8 heteroatoms. The van der Waals surface area contributed by atoms with E-state index in [1.807, 2.05) is 24.3 Å². The van der Waals surface area contributed by atoms with Crippen LogP contribution in [-0.2, 0) is 17.4 Å². The van der Waals surface area contributed by atoms with Crippen molar-refractivity contribution in [1.29, 1.82) is 0 Å². The maximum absolute atomic E-state index is 12.8. The molecule has 0 bridgehead atoms. The summed E-state index contributed by atoms with van der Waals surface area (Å²) in [6, 6.07) is 12.5. The minimum Gasteiger partial charge on any atom is -0.332 e. The quantitative estimate of drug-likeness (QED) is 0.499. The number of nitrogens with one attached hydrogen (secondary N) is 2. The third kappa shape index (κ3) is 5.57. The highest BCUT2D eigenvalue weighted by Crippen LogP contribution is 2.32. The second-order valence-electron chi connectivity index (χ2n) is 6.81. The van der Waals surface area contributed by atoms with Crippen molar-refractivity contribution in [3.8, 4) is 0 Å². The summed E-state index contributed by atoms with van der Waals surface area (Å²) in [6.45, 7) is 4.11. The molecule has 3 aromatic rings. The molecule has 29 heavy (non-hydrogen) atoms. The Bertz CT molecular complexity index is 999. The van der Waals surface area contributed by atoms with Crippen LogP contribution in [0.25, 0.3) is 0 Å². The molecule has 0 radical (unpaired) electrons. The highest BCUT2D eigenvalue weighted by molar-refractivity contribution is 7.13. The first kappa shape index (κ1) is 20.9. The normalized spacial score (nSPS) is 11.5. The van der Waals surface area contributed by atoms with Gasteiger partial charge in [0.2, 0.25) is 5.91 Å². The SMILES string of the molecule is CC(C)c1ccccc1NC(=O)Cc1csc(Nc2cccc(C(F)(F)F)c2)n1. The number of carbonyl (C=O) groups excluding carboxylic acids is 1. The van der Waals surface area contributed by atoms with Gasteiger partial charge in [0, 0.05) is 16.8 Å². The zero-order valence-corrected chi connectivity index (χ0v) is 16.7. The average molecular weight is 419 g/mol. The molecular weight excluding hydrogens is 399 g/mol. The van der Waals surface area contributed by atoms with Gasteiger partial charge >= 0.3 is 6.18 Å². The Kier molecular flexibility index (Phi) is 6.22. The summed E-state index contributed by atoms with van der Waals surface area (Å²) in [5.41, 5.74) is 1.92. The van der Waals surface area contributed by atoms with Crippen molar-refractivity contribution in [2.24, 2.45) is 0 Å². The monoisotopic (exact) mass is 419 g/mol. The van der Waals surface area contributed by atoms with Crippen LogP contribution in [0.3, 0.4) is 0 Å². The topological polar surface area (TPSA) is 54.0 Å². The van der Waals surface area contributed by atoms with Crippen molar-refractivity contribution in [3.05, 3.63) is 70.7 Å². The zero-order chi connectivity index (χ0) is 21.0. The van der Waals surface area contributed by atoms with Crippen molar-refractivity contribution in [1.82, 2.24) is 4.98 Å². The van der Waals surface area contributed by atoms with Gasteiger partial charge in [0.25, 0.3) is 0 Å². The number of thiazole rings is 1. The third-order valence-corrected chi connectivity index (χ3v) is 5.00. The molecule has 1 amide bonds. The van der Waals surface area contributed by atoms with Gasteiger partial charge in [-0.15, -0.1) is 11.3 Å². The maximum Gasteiger partial charge on any atom is 0.416 e. The third-order valence-electron chi connectivity index (χ3n) is 4.19. The van der Waals surface area contributed by atoms with E-state index >= 15 is 0 Å². The van der Waals surface area contributed by atoms with Crippen molar-refractivity contribution in [2.45, 2.75) is 32.4 Å². The summed E-state index contributed by atoms with van der Waals surface area (Å²) in [5.74, 6) is 0.0723. The number of benzene rings is 2. The second kappa shape index (κ2) is 8.65. The van der Waals surface area contributed by atoms with E-state index in [1.165, 1.54) is 23.5 Å². The minimum absolute atomic E-state index is 0.0766. The number of alkyl halides is 3. The molecule has 0 spiro atoms. The van der Waals surface area contributed by atoms with Crippen LogP contribution in [0.1, 0.15) is 36.6 Å². The molecule has 0 fully saturated rings. The van der Waals surface area contributed by atoms with Crippen LogP contribution < -0.4 is 10.6 Å². The van der Waals surface area contributed by atoms with E-state index in [1.54, 1.807) is 5.38 Å². The van der Waals surface area contributed by atoms with E-state index in [0.717, 1.165) is 23.4 Å². The van der Waals surface area contributed by atoms with E-state index < -0.39 is 11.7 Å². The first-order valence-corrected chi connectivity index (χ1v) is 9.88. The summed E-state index contributed by atoms with van der Waals surface area (Å²) in [6.07, 6.45) is -4.33. The van der Waals surface area contributed by atoms with Crippen molar-refractivity contribution in [3.63, 3.8) is 0 Å². The van der Waals surface area contributed by atoms with Crippen LogP contribution in [-0.4, -0.2) is 10.9 Å². The lowest BCUT2D eigenvalue weighted by Gasteiger charge is -2.13. The van der Waals surface area contributed by atoms with Gasteiger partial charge in [-0.25, -0.2) is 4.98 Å². The van der Waals surface area contributed by atoms with E-state index in [4.69, 9.17) is 0 Å². The van der Waals surface area contributed by atoms with E-state index in [0.29, 0.717) is 10.8 Å². The van der Waals surface area contributed by atoms with Gasteiger partial charge in [-0.05, 0) is 35.7 Å². The van der Waals surface area contributed by atoms with E-state index in [-0.39, 0.29) is 23.9 Å². The fourth-order valence-corrected chi connectivity index (χ4v) is 3.55. The standard InChI is InChI=1S/C21H20F3N3OS/c1-13(2)17-8-3-4-9-18(17)27-19(28)11-16-12-29-20(26-16)25-15-7-5-6-14(10-15)21(22,23)24/h3-10,12-13H,11H2,1-2H3,(H,25,26)(H,27,28). The number of nitrogens with zero attached hydrogens (tertiary/aromatic N) is 1. The van der Waals surface area contributed by atoms with Gasteiger partial charge in [0.15, 0.2) is 5.13 Å². The predicted octanol–water partition coefficient (Wildman–Crippen LogP) is 6.21. The highest BCUT2D eigenvalue weighted by Gasteiger charge is 2.30. The first-order valence-electron chi connectivity index (χ1n) is 9.00. The van der Waals surface area contributed by atoms with Gasteiger partial charge in [-0.2, -0.15) is 13.2 Å². The molecule has 0 saturated carbocycles. The van der Waals surface area contributed by atoms with Gasteiger partial charge in [-0.3, -0.25) is 4.79 Å². The van der Waals surface area contributed by atoms with Crippen LogP contribution in [0.5, 0.6) is 0 Å². The lowest BCUT2D eigenvalue weighted by Crippen LogP contribution is -2.16. The summed E-state index contributed by atoms with van der Waals surface area (Å²) in [7, 11) is 0. The molecule has 0 atom stereocenters.